The summed E-state index contributed by atoms with van der Waals surface area (Å²) in [6.45, 7) is 3.31. The van der Waals surface area contributed by atoms with E-state index in [0.717, 1.165) is 18.4 Å². The van der Waals surface area contributed by atoms with Crippen molar-refractivity contribution in [1.82, 2.24) is 10.0 Å². The van der Waals surface area contributed by atoms with Crippen molar-refractivity contribution in [3.8, 4) is 5.75 Å². The van der Waals surface area contributed by atoms with Gasteiger partial charge in [0, 0.05) is 24.2 Å². The summed E-state index contributed by atoms with van der Waals surface area (Å²) < 4.78 is 44.0. The summed E-state index contributed by atoms with van der Waals surface area (Å²) in [6, 6.07) is 4.73. The summed E-state index contributed by atoms with van der Waals surface area (Å²) in [5, 5.41) is 3.40. The molecule has 22 heavy (non-hydrogen) atoms. The second-order valence-electron chi connectivity index (χ2n) is 5.33. The van der Waals surface area contributed by atoms with Gasteiger partial charge in [-0.1, -0.05) is 6.07 Å². The zero-order valence-electron chi connectivity index (χ0n) is 12.8. The maximum absolute atomic E-state index is 13.3. The van der Waals surface area contributed by atoms with E-state index in [4.69, 9.17) is 4.74 Å². The minimum Gasteiger partial charge on any atom is -0.493 e. The third kappa shape index (κ3) is 4.93. The molecule has 1 heterocycles. The third-order valence-corrected chi connectivity index (χ3v) is 5.10. The predicted molar refractivity (Wildman–Crippen MR) is 84.0 cm³/mol. The van der Waals surface area contributed by atoms with Gasteiger partial charge < -0.3 is 10.1 Å². The molecule has 124 valence electrons. The van der Waals surface area contributed by atoms with E-state index in [0.29, 0.717) is 31.9 Å². The molecule has 1 atom stereocenters. The second-order valence-corrected chi connectivity index (χ2v) is 7.43. The highest BCUT2D eigenvalue weighted by Crippen LogP contribution is 2.31. The summed E-state index contributed by atoms with van der Waals surface area (Å²) in [7, 11) is -3.12. The molecule has 0 bridgehead atoms. The molecule has 2 rings (SSSR count). The molecule has 0 aromatic heterocycles. The normalized spacial score (nSPS) is 18.4. The van der Waals surface area contributed by atoms with E-state index in [9.17, 15) is 12.8 Å². The van der Waals surface area contributed by atoms with Gasteiger partial charge in [-0.15, -0.1) is 0 Å². The Hall–Kier alpha value is -1.18. The van der Waals surface area contributed by atoms with Gasteiger partial charge in [-0.3, -0.25) is 0 Å². The minimum atomic E-state index is -3.12. The minimum absolute atomic E-state index is 0.0966. The lowest BCUT2D eigenvalue weighted by Crippen LogP contribution is -2.29. The molecule has 0 radical (unpaired) electrons. The molecule has 0 aliphatic carbocycles. The molecule has 1 aliphatic rings. The van der Waals surface area contributed by atoms with E-state index in [1.807, 2.05) is 0 Å². The van der Waals surface area contributed by atoms with Crippen molar-refractivity contribution < 1.29 is 17.5 Å². The lowest BCUT2D eigenvalue weighted by Gasteiger charge is -2.18. The van der Waals surface area contributed by atoms with Gasteiger partial charge >= 0.3 is 0 Å². The number of hydrogen-bond acceptors (Lipinski definition) is 4. The lowest BCUT2D eigenvalue weighted by molar-refractivity contribution is 0.313. The number of halogens is 1. The van der Waals surface area contributed by atoms with Crippen molar-refractivity contribution in [1.29, 1.82) is 0 Å². The first-order chi connectivity index (χ1) is 10.5. The number of hydrogen-bond donors (Lipinski definition) is 2. The maximum atomic E-state index is 13.3. The third-order valence-electron chi connectivity index (χ3n) is 3.69. The number of ether oxygens (including phenoxy) is 1. The van der Waals surface area contributed by atoms with E-state index in [1.165, 1.54) is 12.1 Å². The lowest BCUT2D eigenvalue weighted by atomic mass is 10.0. The van der Waals surface area contributed by atoms with Crippen LogP contribution in [0.2, 0.25) is 0 Å². The van der Waals surface area contributed by atoms with Gasteiger partial charge in [0.05, 0.1) is 12.4 Å². The van der Waals surface area contributed by atoms with E-state index < -0.39 is 10.0 Å². The predicted octanol–water partition coefficient (Wildman–Crippen LogP) is 1.96. The van der Waals surface area contributed by atoms with Crippen LogP contribution in [0.4, 0.5) is 4.39 Å². The Morgan fingerprint density at radius 1 is 1.36 bits per heavy atom. The molecule has 0 saturated heterocycles. The molecule has 2 N–H and O–H groups in total. The number of benzene rings is 1. The fraction of sp³-hybridized carbons (Fsp3) is 0.600. The molecule has 7 heteroatoms. The molecule has 0 amide bonds. The van der Waals surface area contributed by atoms with Gasteiger partial charge in [-0.05, 0) is 38.8 Å². The Morgan fingerprint density at radius 2 is 2.18 bits per heavy atom. The molecule has 0 unspecified atom stereocenters. The number of rotatable bonds is 7. The number of nitrogens with one attached hydrogen (secondary N) is 2. The first-order valence-electron chi connectivity index (χ1n) is 7.65. The van der Waals surface area contributed by atoms with Crippen molar-refractivity contribution in [3.63, 3.8) is 0 Å². The van der Waals surface area contributed by atoms with Gasteiger partial charge in [0.1, 0.15) is 11.6 Å². The van der Waals surface area contributed by atoms with Gasteiger partial charge in [-0.25, -0.2) is 17.5 Å². The summed E-state index contributed by atoms with van der Waals surface area (Å²) in [4.78, 5) is 0. The van der Waals surface area contributed by atoms with Crippen LogP contribution in [0.5, 0.6) is 5.75 Å². The van der Waals surface area contributed by atoms with Crippen LogP contribution < -0.4 is 14.8 Å². The number of sulfonamides is 1. The van der Waals surface area contributed by atoms with Crippen LogP contribution in [-0.2, 0) is 10.0 Å². The Balaban J connectivity index is 1.86. The van der Waals surface area contributed by atoms with E-state index >= 15 is 0 Å². The largest absolute Gasteiger partial charge is 0.493 e. The first-order valence-corrected chi connectivity index (χ1v) is 9.30. The zero-order chi connectivity index (χ0) is 16.0. The van der Waals surface area contributed by atoms with Gasteiger partial charge in [0.15, 0.2) is 0 Å². The molecule has 0 fully saturated rings. The number of fused-ring (bicyclic) bond motifs is 1. The Morgan fingerprint density at radius 3 is 2.95 bits per heavy atom. The van der Waals surface area contributed by atoms with Crippen LogP contribution in [0, 0.1) is 5.82 Å². The van der Waals surface area contributed by atoms with Crippen molar-refractivity contribution in [3.05, 3.63) is 29.6 Å². The topological polar surface area (TPSA) is 67.4 Å². The zero-order valence-corrected chi connectivity index (χ0v) is 13.6. The summed E-state index contributed by atoms with van der Waals surface area (Å²) in [5.41, 5.74) is 0.966. The molecule has 5 nitrogen and oxygen atoms in total. The average Bonchev–Trinajstić information content (AvgIpc) is 2.68. The highest BCUT2D eigenvalue weighted by atomic mass is 32.2. The van der Waals surface area contributed by atoms with Crippen LogP contribution in [0.1, 0.15) is 37.8 Å². The van der Waals surface area contributed by atoms with Crippen molar-refractivity contribution >= 4 is 10.0 Å². The van der Waals surface area contributed by atoms with Gasteiger partial charge in [-0.2, -0.15) is 0 Å². The fourth-order valence-corrected chi connectivity index (χ4v) is 3.11. The van der Waals surface area contributed by atoms with Crippen molar-refractivity contribution in [2.45, 2.75) is 32.2 Å². The van der Waals surface area contributed by atoms with Crippen molar-refractivity contribution in [2.75, 3.05) is 25.4 Å². The maximum Gasteiger partial charge on any atom is 0.211 e. The standard InChI is InChI=1S/C15H23FN2O3S/c1-2-22(19,20)18-9-4-8-17-14-5-3-10-21-15-11-12(16)6-7-13(14)15/h6-7,11,14,17-18H,2-5,8-10H2,1H3/t14-/m1/s1. The van der Waals surface area contributed by atoms with Crippen LogP contribution in [0.15, 0.2) is 18.2 Å². The molecule has 0 spiro atoms. The quantitative estimate of drug-likeness (QED) is 0.750. The van der Waals surface area contributed by atoms with E-state index in [-0.39, 0.29) is 17.6 Å². The van der Waals surface area contributed by atoms with Crippen LogP contribution in [0.3, 0.4) is 0 Å². The molecular weight excluding hydrogens is 307 g/mol. The summed E-state index contributed by atoms with van der Waals surface area (Å²) >= 11 is 0. The van der Waals surface area contributed by atoms with Crippen molar-refractivity contribution in [2.24, 2.45) is 0 Å². The van der Waals surface area contributed by atoms with E-state index in [1.54, 1.807) is 13.0 Å². The van der Waals surface area contributed by atoms with Crippen LogP contribution in [0.25, 0.3) is 0 Å². The SMILES string of the molecule is CCS(=O)(=O)NCCCN[C@@H]1CCCOc2cc(F)ccc21. The van der Waals surface area contributed by atoms with E-state index in [2.05, 4.69) is 10.0 Å². The van der Waals surface area contributed by atoms with Crippen LogP contribution >= 0.6 is 0 Å². The molecule has 0 saturated carbocycles. The molecule has 1 aromatic rings. The smallest absolute Gasteiger partial charge is 0.211 e. The Kier molecular flexibility index (Phi) is 6.16. The Bertz CT molecular complexity index is 592. The van der Waals surface area contributed by atoms with Crippen LogP contribution in [-0.4, -0.2) is 33.9 Å². The van der Waals surface area contributed by atoms with Gasteiger partial charge in [0.25, 0.3) is 0 Å². The first kappa shape index (κ1) is 17.2. The Labute approximate surface area is 131 Å². The second kappa shape index (κ2) is 7.89. The fourth-order valence-electron chi connectivity index (χ4n) is 2.45. The monoisotopic (exact) mass is 330 g/mol. The molecule has 1 aromatic carbocycles. The molecule has 1 aliphatic heterocycles. The average molecular weight is 330 g/mol. The van der Waals surface area contributed by atoms with Gasteiger partial charge in [0.2, 0.25) is 10.0 Å². The highest BCUT2D eigenvalue weighted by Gasteiger charge is 2.19. The molecular formula is C15H23FN2O3S. The summed E-state index contributed by atoms with van der Waals surface area (Å²) in [5.74, 6) is 0.398. The summed E-state index contributed by atoms with van der Waals surface area (Å²) in [6.07, 6.45) is 2.52. The highest BCUT2D eigenvalue weighted by molar-refractivity contribution is 7.89.